The molecule has 0 amide bonds. The Hall–Kier alpha value is -3.33. The first-order chi connectivity index (χ1) is 15.9. The number of halogens is 1. The van der Waals surface area contributed by atoms with Crippen molar-refractivity contribution in [1.82, 2.24) is 14.9 Å². The smallest absolute Gasteiger partial charge is 0.374 e. The van der Waals surface area contributed by atoms with Crippen LogP contribution in [0.2, 0.25) is 5.02 Å². The Morgan fingerprint density at radius 2 is 1.97 bits per heavy atom. The van der Waals surface area contributed by atoms with Crippen LogP contribution in [-0.2, 0) is 36.1 Å². The molecule has 2 heterocycles. The number of rotatable bonds is 6. The minimum Gasteiger partial charge on any atom is -0.475 e. The van der Waals surface area contributed by atoms with E-state index >= 15 is 0 Å². The second-order valence-corrected chi connectivity index (χ2v) is 7.95. The molecule has 0 unspecified atom stereocenters. The van der Waals surface area contributed by atoms with E-state index in [1.165, 1.54) is 16.7 Å². The highest BCUT2D eigenvalue weighted by Gasteiger charge is 2.14. The Bertz CT molecular complexity index is 1110. The van der Waals surface area contributed by atoms with Gasteiger partial charge in [0.1, 0.15) is 5.82 Å². The summed E-state index contributed by atoms with van der Waals surface area (Å²) in [5.41, 5.74) is 6.18. The summed E-state index contributed by atoms with van der Waals surface area (Å²) >= 11 is 6.50. The first-order valence-corrected chi connectivity index (χ1v) is 10.8. The average Bonchev–Trinajstić information content (AvgIpc) is 3.10. The molecule has 0 spiro atoms. The normalized spacial score (nSPS) is 12.6. The van der Waals surface area contributed by atoms with Crippen LogP contribution in [0.15, 0.2) is 61.1 Å². The molecule has 8 nitrogen and oxygen atoms in total. The quantitative estimate of drug-likeness (QED) is 0.186. The van der Waals surface area contributed by atoms with E-state index in [4.69, 9.17) is 22.0 Å². The summed E-state index contributed by atoms with van der Waals surface area (Å²) in [5.74, 6) is -1.07. The number of aliphatic carboxylic acids is 1. The molecule has 3 aromatic rings. The summed E-state index contributed by atoms with van der Waals surface area (Å²) < 4.78 is 2.03. The van der Waals surface area contributed by atoms with Gasteiger partial charge in [-0.1, -0.05) is 41.9 Å². The molecular formula is C24H27ClN4O4. The molecule has 0 radical (unpaired) electrons. The van der Waals surface area contributed by atoms with Gasteiger partial charge in [0.25, 0.3) is 0 Å². The van der Waals surface area contributed by atoms with Crippen molar-refractivity contribution in [3.05, 3.63) is 82.8 Å². The van der Waals surface area contributed by atoms with Gasteiger partial charge in [0.2, 0.25) is 5.76 Å². The minimum absolute atomic E-state index is 0.681. The van der Waals surface area contributed by atoms with Gasteiger partial charge < -0.3 is 25.2 Å². The second kappa shape index (κ2) is 11.5. The highest BCUT2D eigenvalue weighted by molar-refractivity contribution is 6.33. The summed E-state index contributed by atoms with van der Waals surface area (Å²) in [6, 6.07) is 12.7. The Labute approximate surface area is 197 Å². The Morgan fingerprint density at radius 3 is 2.58 bits per heavy atom. The fourth-order valence-corrected chi connectivity index (χ4v) is 3.82. The zero-order valence-electron chi connectivity index (χ0n) is 18.3. The number of carbonyl (C=O) groups is 1. The van der Waals surface area contributed by atoms with Crippen LogP contribution in [0.3, 0.4) is 0 Å². The molecule has 0 saturated heterocycles. The van der Waals surface area contributed by atoms with Gasteiger partial charge in [0.15, 0.2) is 0 Å². The molecule has 174 valence electrons. The summed E-state index contributed by atoms with van der Waals surface area (Å²) in [5, 5.41) is 23.2. The van der Waals surface area contributed by atoms with E-state index in [9.17, 15) is 4.79 Å². The van der Waals surface area contributed by atoms with Gasteiger partial charge in [-0.25, -0.2) is 15.0 Å². The van der Waals surface area contributed by atoms with Gasteiger partial charge in [0.05, 0.1) is 10.7 Å². The minimum atomic E-state index is -1.37. The van der Waals surface area contributed by atoms with Crippen molar-refractivity contribution < 1.29 is 20.0 Å². The lowest BCUT2D eigenvalue weighted by atomic mass is 10.0. The van der Waals surface area contributed by atoms with Gasteiger partial charge in [0, 0.05) is 31.5 Å². The van der Waals surface area contributed by atoms with E-state index in [-0.39, 0.29) is 0 Å². The number of hydrogen-bond acceptors (Lipinski definition) is 6. The fourth-order valence-electron chi connectivity index (χ4n) is 3.58. The molecule has 1 aliphatic rings. The van der Waals surface area contributed by atoms with Gasteiger partial charge in [-0.05, 0) is 55.3 Å². The second-order valence-electron chi connectivity index (χ2n) is 7.54. The standard InChI is InChI=1S/C21H23ClN4.C3H4O4/c1-26-13-12-24-21(26)17-4-2-15(3-5-17)14-25-20-18-9-11-23-10-8-16(18)6-7-19(20)22;1-2(7-6)3(4)5/h2-7,12-13,23,25H,8-11,14H2,1H3;6H,1H2,(H,4,5). The molecule has 1 aromatic heterocycles. The van der Waals surface area contributed by atoms with Crippen LogP contribution in [0.4, 0.5) is 5.69 Å². The molecule has 9 heteroatoms. The van der Waals surface area contributed by atoms with Crippen LogP contribution in [0.5, 0.6) is 0 Å². The summed E-state index contributed by atoms with van der Waals surface area (Å²) in [6.07, 6.45) is 5.85. The topological polar surface area (TPSA) is 109 Å². The summed E-state index contributed by atoms with van der Waals surface area (Å²) in [6.45, 7) is 5.59. The van der Waals surface area contributed by atoms with Crippen molar-refractivity contribution in [3.8, 4) is 11.4 Å². The van der Waals surface area contributed by atoms with E-state index < -0.39 is 11.7 Å². The molecule has 4 rings (SSSR count). The van der Waals surface area contributed by atoms with Gasteiger partial charge in [-0.15, -0.1) is 0 Å². The SMILES string of the molecule is C=C(OO)C(=O)O.Cn1ccnc1-c1ccc(CNc2c(Cl)ccc3c2CCNCC3)cc1. The molecule has 0 atom stereocenters. The predicted molar refractivity (Wildman–Crippen MR) is 128 cm³/mol. The van der Waals surface area contributed by atoms with Gasteiger partial charge in [-0.3, -0.25) is 0 Å². The number of aromatic nitrogens is 2. The molecule has 4 N–H and O–H groups in total. The zero-order chi connectivity index (χ0) is 23.8. The molecule has 2 aromatic carbocycles. The number of imidazole rings is 1. The first-order valence-electron chi connectivity index (χ1n) is 10.5. The Morgan fingerprint density at radius 1 is 1.24 bits per heavy atom. The van der Waals surface area contributed by atoms with Crippen LogP contribution >= 0.6 is 11.6 Å². The summed E-state index contributed by atoms with van der Waals surface area (Å²) in [7, 11) is 2.01. The average molecular weight is 471 g/mol. The fraction of sp³-hybridized carbons (Fsp3) is 0.250. The molecule has 33 heavy (non-hydrogen) atoms. The Kier molecular flexibility index (Phi) is 8.48. The van der Waals surface area contributed by atoms with Crippen molar-refractivity contribution in [1.29, 1.82) is 0 Å². The van der Waals surface area contributed by atoms with Gasteiger partial charge in [-0.2, -0.15) is 0 Å². The maximum absolute atomic E-state index is 9.55. The van der Waals surface area contributed by atoms with Crippen molar-refractivity contribution in [3.63, 3.8) is 0 Å². The van der Waals surface area contributed by atoms with Crippen LogP contribution < -0.4 is 10.6 Å². The van der Waals surface area contributed by atoms with Crippen LogP contribution in [0.1, 0.15) is 16.7 Å². The lowest BCUT2D eigenvalue weighted by Crippen LogP contribution is -2.16. The Balaban J connectivity index is 0.000000383. The number of benzene rings is 2. The molecule has 0 saturated carbocycles. The van der Waals surface area contributed by atoms with Crippen molar-refractivity contribution in [2.75, 3.05) is 18.4 Å². The molecule has 0 aliphatic carbocycles. The number of carboxylic acid groups (broad SMARTS) is 1. The van der Waals surface area contributed by atoms with Crippen LogP contribution in [0.25, 0.3) is 11.4 Å². The molecule has 0 fully saturated rings. The highest BCUT2D eigenvalue weighted by atomic mass is 35.5. The first kappa shape index (κ1) is 24.3. The van der Waals surface area contributed by atoms with Crippen molar-refractivity contribution >= 4 is 23.3 Å². The molecule has 1 aliphatic heterocycles. The van der Waals surface area contributed by atoms with E-state index in [0.29, 0.717) is 0 Å². The summed E-state index contributed by atoms with van der Waals surface area (Å²) in [4.78, 5) is 17.2. The predicted octanol–water partition coefficient (Wildman–Crippen LogP) is 4.12. The lowest BCUT2D eigenvalue weighted by Gasteiger charge is -2.16. The highest BCUT2D eigenvalue weighted by Crippen LogP contribution is 2.31. The number of nitrogens with zero attached hydrogens (tertiary/aromatic N) is 2. The van der Waals surface area contributed by atoms with E-state index in [1.807, 2.05) is 30.1 Å². The number of carboxylic acids is 1. The monoisotopic (exact) mass is 470 g/mol. The number of hydrogen-bond donors (Lipinski definition) is 4. The van der Waals surface area contributed by atoms with E-state index in [0.717, 1.165) is 54.6 Å². The van der Waals surface area contributed by atoms with Crippen LogP contribution in [0, 0.1) is 0 Å². The van der Waals surface area contributed by atoms with Gasteiger partial charge >= 0.3 is 5.97 Å². The van der Waals surface area contributed by atoms with E-state index in [2.05, 4.69) is 57.4 Å². The largest absolute Gasteiger partial charge is 0.475 e. The number of nitrogens with one attached hydrogen (secondary N) is 2. The third kappa shape index (κ3) is 6.35. The maximum Gasteiger partial charge on any atom is 0.374 e. The third-order valence-corrected chi connectivity index (χ3v) is 5.65. The lowest BCUT2D eigenvalue weighted by molar-refractivity contribution is -0.209. The molecular weight excluding hydrogens is 444 g/mol. The molecule has 0 bridgehead atoms. The third-order valence-electron chi connectivity index (χ3n) is 5.33. The number of anilines is 1. The van der Waals surface area contributed by atoms with Crippen molar-refractivity contribution in [2.24, 2.45) is 7.05 Å². The number of fused-ring (bicyclic) bond motifs is 1. The maximum atomic E-state index is 9.55. The zero-order valence-corrected chi connectivity index (χ0v) is 19.1. The number of aryl methyl sites for hydroxylation is 1. The van der Waals surface area contributed by atoms with E-state index in [1.54, 1.807) is 0 Å². The van der Waals surface area contributed by atoms with Crippen LogP contribution in [-0.4, -0.2) is 39.0 Å². The van der Waals surface area contributed by atoms with Crippen molar-refractivity contribution in [2.45, 2.75) is 19.4 Å².